The summed E-state index contributed by atoms with van der Waals surface area (Å²) in [6.45, 7) is 3.92. The first-order chi connectivity index (χ1) is 6.27. The highest BCUT2D eigenvalue weighted by molar-refractivity contribution is 5.76. The Hall–Kier alpha value is -0.570. The third-order valence-corrected chi connectivity index (χ3v) is 2.72. The van der Waals surface area contributed by atoms with E-state index in [1.54, 1.807) is 0 Å². The molecule has 0 aliphatic carbocycles. The van der Waals surface area contributed by atoms with Gasteiger partial charge < -0.3 is 10.2 Å². The minimum atomic E-state index is 0.331. The summed E-state index contributed by atoms with van der Waals surface area (Å²) < 4.78 is 0. The van der Waals surface area contributed by atoms with Crippen molar-refractivity contribution >= 4 is 5.91 Å². The number of piperidine rings is 1. The smallest absolute Gasteiger partial charge is 0.222 e. The Labute approximate surface area is 80.5 Å². The highest BCUT2D eigenvalue weighted by Gasteiger charge is 2.20. The summed E-state index contributed by atoms with van der Waals surface area (Å²) in [4.78, 5) is 13.5. The van der Waals surface area contributed by atoms with Crippen molar-refractivity contribution in [2.24, 2.45) is 0 Å². The lowest BCUT2D eigenvalue weighted by molar-refractivity contribution is -0.132. The van der Waals surface area contributed by atoms with E-state index >= 15 is 0 Å². The molecule has 1 rings (SSSR count). The van der Waals surface area contributed by atoms with E-state index in [9.17, 15) is 4.79 Å². The van der Waals surface area contributed by atoms with Crippen LogP contribution in [0.2, 0.25) is 0 Å². The Bertz CT molecular complexity index is 162. The van der Waals surface area contributed by atoms with Crippen LogP contribution in [-0.4, -0.2) is 37.0 Å². The summed E-state index contributed by atoms with van der Waals surface area (Å²) >= 11 is 0. The maximum absolute atomic E-state index is 11.5. The van der Waals surface area contributed by atoms with Crippen molar-refractivity contribution < 1.29 is 4.79 Å². The molecule has 1 heterocycles. The number of likely N-dealkylation sites (tertiary alicyclic amines) is 1. The fourth-order valence-corrected chi connectivity index (χ4v) is 1.79. The van der Waals surface area contributed by atoms with Crippen LogP contribution in [0, 0.1) is 0 Å². The summed E-state index contributed by atoms with van der Waals surface area (Å²) in [6.07, 6.45) is 3.88. The Kier molecular flexibility index (Phi) is 4.22. The van der Waals surface area contributed by atoms with Gasteiger partial charge in [0.2, 0.25) is 5.91 Å². The molecule has 1 aliphatic rings. The fraction of sp³-hybridized carbons (Fsp3) is 0.900. The molecule has 3 heteroatoms. The van der Waals surface area contributed by atoms with Gasteiger partial charge in [0.1, 0.15) is 0 Å². The number of hydrogen-bond donors (Lipinski definition) is 1. The topological polar surface area (TPSA) is 32.3 Å². The van der Waals surface area contributed by atoms with E-state index in [-0.39, 0.29) is 0 Å². The van der Waals surface area contributed by atoms with Crippen molar-refractivity contribution in [1.82, 2.24) is 10.2 Å². The Morgan fingerprint density at radius 1 is 1.46 bits per heavy atom. The fourth-order valence-electron chi connectivity index (χ4n) is 1.79. The van der Waals surface area contributed by atoms with Gasteiger partial charge in [-0.2, -0.15) is 0 Å². The molecule has 13 heavy (non-hydrogen) atoms. The third kappa shape index (κ3) is 2.99. The largest absolute Gasteiger partial charge is 0.343 e. The quantitative estimate of drug-likeness (QED) is 0.709. The Morgan fingerprint density at radius 2 is 2.08 bits per heavy atom. The predicted molar refractivity (Wildman–Crippen MR) is 53.6 cm³/mol. The van der Waals surface area contributed by atoms with Gasteiger partial charge in [0.05, 0.1) is 0 Å². The van der Waals surface area contributed by atoms with Crippen LogP contribution in [0.1, 0.15) is 32.6 Å². The number of carbonyl (C=O) groups excluding carboxylic acids is 1. The molecule has 0 saturated carbocycles. The molecule has 0 aromatic rings. The Morgan fingerprint density at radius 3 is 2.54 bits per heavy atom. The van der Waals surface area contributed by atoms with Gasteiger partial charge in [-0.25, -0.2) is 0 Å². The van der Waals surface area contributed by atoms with Gasteiger partial charge >= 0.3 is 0 Å². The zero-order chi connectivity index (χ0) is 9.68. The van der Waals surface area contributed by atoms with E-state index in [0.29, 0.717) is 18.4 Å². The van der Waals surface area contributed by atoms with Gasteiger partial charge in [-0.05, 0) is 26.3 Å². The number of nitrogens with zero attached hydrogens (tertiary/aromatic N) is 1. The SMILES string of the molecule is CCCC(=O)N1CCC(NC)CC1. The first kappa shape index (κ1) is 10.5. The van der Waals surface area contributed by atoms with Crippen molar-refractivity contribution in [3.8, 4) is 0 Å². The van der Waals surface area contributed by atoms with Crippen LogP contribution in [0.25, 0.3) is 0 Å². The molecule has 0 aromatic carbocycles. The molecule has 1 aliphatic heterocycles. The van der Waals surface area contributed by atoms with E-state index in [1.165, 1.54) is 0 Å². The number of nitrogens with one attached hydrogen (secondary N) is 1. The molecular weight excluding hydrogens is 164 g/mol. The summed E-state index contributed by atoms with van der Waals surface area (Å²) in [5.41, 5.74) is 0. The molecule has 1 fully saturated rings. The van der Waals surface area contributed by atoms with Crippen LogP contribution in [0.5, 0.6) is 0 Å². The second kappa shape index (κ2) is 5.22. The van der Waals surface area contributed by atoms with Crippen molar-refractivity contribution in [1.29, 1.82) is 0 Å². The third-order valence-electron chi connectivity index (χ3n) is 2.72. The molecule has 1 N–H and O–H groups in total. The lowest BCUT2D eigenvalue weighted by Crippen LogP contribution is -2.43. The van der Waals surface area contributed by atoms with Crippen molar-refractivity contribution in [2.75, 3.05) is 20.1 Å². The van der Waals surface area contributed by atoms with Crippen LogP contribution >= 0.6 is 0 Å². The average Bonchev–Trinajstić information content (AvgIpc) is 2.18. The van der Waals surface area contributed by atoms with Gasteiger partial charge in [-0.1, -0.05) is 6.92 Å². The van der Waals surface area contributed by atoms with Crippen LogP contribution in [-0.2, 0) is 4.79 Å². The molecule has 0 spiro atoms. The van der Waals surface area contributed by atoms with Gasteiger partial charge in [-0.3, -0.25) is 4.79 Å². The van der Waals surface area contributed by atoms with Gasteiger partial charge in [0, 0.05) is 25.6 Å². The van der Waals surface area contributed by atoms with Gasteiger partial charge in [0.15, 0.2) is 0 Å². The van der Waals surface area contributed by atoms with E-state index in [1.807, 2.05) is 11.9 Å². The molecule has 0 unspecified atom stereocenters. The maximum atomic E-state index is 11.5. The normalized spacial score (nSPS) is 19.1. The predicted octanol–water partition coefficient (Wildman–Crippen LogP) is 0.997. The summed E-state index contributed by atoms with van der Waals surface area (Å²) in [6, 6.07) is 0.616. The van der Waals surface area contributed by atoms with Crippen LogP contribution in [0.15, 0.2) is 0 Å². The van der Waals surface area contributed by atoms with Gasteiger partial charge in [-0.15, -0.1) is 0 Å². The summed E-state index contributed by atoms with van der Waals surface area (Å²) in [5.74, 6) is 0.331. The maximum Gasteiger partial charge on any atom is 0.222 e. The van der Waals surface area contributed by atoms with E-state index in [2.05, 4.69) is 12.2 Å². The number of amides is 1. The number of rotatable bonds is 3. The van der Waals surface area contributed by atoms with E-state index in [0.717, 1.165) is 32.4 Å². The second-order valence-electron chi connectivity index (χ2n) is 3.69. The molecule has 0 aromatic heterocycles. The minimum absolute atomic E-state index is 0.331. The lowest BCUT2D eigenvalue weighted by Gasteiger charge is -2.31. The first-order valence-electron chi connectivity index (χ1n) is 5.23. The van der Waals surface area contributed by atoms with E-state index in [4.69, 9.17) is 0 Å². The van der Waals surface area contributed by atoms with Crippen LogP contribution < -0.4 is 5.32 Å². The van der Waals surface area contributed by atoms with Crippen molar-refractivity contribution in [3.63, 3.8) is 0 Å². The lowest BCUT2D eigenvalue weighted by atomic mass is 10.0. The number of carbonyl (C=O) groups is 1. The first-order valence-corrected chi connectivity index (χ1v) is 5.23. The average molecular weight is 184 g/mol. The van der Waals surface area contributed by atoms with Crippen molar-refractivity contribution in [3.05, 3.63) is 0 Å². The highest BCUT2D eigenvalue weighted by Crippen LogP contribution is 2.11. The molecule has 0 bridgehead atoms. The highest BCUT2D eigenvalue weighted by atomic mass is 16.2. The number of hydrogen-bond acceptors (Lipinski definition) is 2. The summed E-state index contributed by atoms with van der Waals surface area (Å²) in [5, 5.41) is 3.26. The minimum Gasteiger partial charge on any atom is -0.343 e. The molecular formula is C10H20N2O. The molecule has 1 amide bonds. The standard InChI is InChI=1S/C10H20N2O/c1-3-4-10(13)12-7-5-9(11-2)6-8-12/h9,11H,3-8H2,1-2H3. The molecule has 3 nitrogen and oxygen atoms in total. The summed E-state index contributed by atoms with van der Waals surface area (Å²) in [7, 11) is 1.99. The van der Waals surface area contributed by atoms with E-state index < -0.39 is 0 Å². The van der Waals surface area contributed by atoms with Crippen LogP contribution in [0.4, 0.5) is 0 Å². The monoisotopic (exact) mass is 184 g/mol. The van der Waals surface area contributed by atoms with Crippen LogP contribution in [0.3, 0.4) is 0 Å². The van der Waals surface area contributed by atoms with Gasteiger partial charge in [0.25, 0.3) is 0 Å². The molecule has 76 valence electrons. The molecule has 0 atom stereocenters. The zero-order valence-electron chi connectivity index (χ0n) is 8.68. The Balaban J connectivity index is 2.28. The zero-order valence-corrected chi connectivity index (χ0v) is 8.68. The van der Waals surface area contributed by atoms with Crippen molar-refractivity contribution in [2.45, 2.75) is 38.6 Å². The molecule has 1 saturated heterocycles. The molecule has 0 radical (unpaired) electrons. The second-order valence-corrected chi connectivity index (χ2v) is 3.69.